The maximum atomic E-state index is 13.6. The van der Waals surface area contributed by atoms with E-state index in [4.69, 9.17) is 5.26 Å². The third-order valence-corrected chi connectivity index (χ3v) is 5.94. The minimum Gasteiger partial charge on any atom is -0.316 e. The lowest BCUT2D eigenvalue weighted by molar-refractivity contribution is 0.447. The summed E-state index contributed by atoms with van der Waals surface area (Å²) in [5, 5.41) is 12.2. The van der Waals surface area contributed by atoms with Crippen molar-refractivity contribution >= 4 is 10.0 Å². The summed E-state index contributed by atoms with van der Waals surface area (Å²) in [6.45, 7) is 2.48. The average Bonchev–Trinajstić information content (AvgIpc) is 2.99. The fourth-order valence-electron chi connectivity index (χ4n) is 2.98. The molecule has 1 N–H and O–H groups in total. The van der Waals surface area contributed by atoms with Gasteiger partial charge < -0.3 is 5.32 Å². The van der Waals surface area contributed by atoms with Crippen molar-refractivity contribution in [1.29, 1.82) is 5.26 Å². The lowest BCUT2D eigenvalue weighted by Gasteiger charge is -2.18. The van der Waals surface area contributed by atoms with Crippen LogP contribution in [-0.2, 0) is 10.0 Å². The maximum Gasteiger partial charge on any atom is 0.244 e. The molecule has 2 aliphatic heterocycles. The Kier molecular flexibility index (Phi) is 3.24. The van der Waals surface area contributed by atoms with Crippen molar-refractivity contribution in [2.24, 2.45) is 11.8 Å². The highest BCUT2D eigenvalue weighted by Gasteiger charge is 2.42. The van der Waals surface area contributed by atoms with Crippen LogP contribution < -0.4 is 5.32 Å². The summed E-state index contributed by atoms with van der Waals surface area (Å²) >= 11 is 0. The molecule has 3 rings (SSSR count). The zero-order chi connectivity index (χ0) is 14.3. The summed E-state index contributed by atoms with van der Waals surface area (Å²) in [4.78, 5) is -0.229. The third kappa shape index (κ3) is 2.00. The van der Waals surface area contributed by atoms with E-state index in [1.165, 1.54) is 16.4 Å². The number of halogens is 1. The molecule has 1 aromatic carbocycles. The lowest BCUT2D eigenvalue weighted by Crippen LogP contribution is -2.32. The van der Waals surface area contributed by atoms with Gasteiger partial charge >= 0.3 is 0 Å². The molecule has 0 aliphatic carbocycles. The largest absolute Gasteiger partial charge is 0.316 e. The molecule has 1 aromatic rings. The Bertz CT molecular complexity index is 671. The van der Waals surface area contributed by atoms with Gasteiger partial charge in [-0.25, -0.2) is 12.8 Å². The Morgan fingerprint density at radius 2 is 1.95 bits per heavy atom. The number of benzene rings is 1. The lowest BCUT2D eigenvalue weighted by atomic mass is 10.0. The minimum atomic E-state index is -3.80. The molecule has 0 saturated carbocycles. The van der Waals surface area contributed by atoms with Gasteiger partial charge in [0, 0.05) is 13.1 Å². The first-order chi connectivity index (χ1) is 9.54. The normalized spacial score (nSPS) is 26.4. The number of nitrogens with zero attached hydrogens (tertiary/aromatic N) is 2. The molecule has 2 saturated heterocycles. The molecular formula is C13H14FN3O2S. The Labute approximate surface area is 117 Å². The monoisotopic (exact) mass is 295 g/mol. The van der Waals surface area contributed by atoms with E-state index in [2.05, 4.69) is 5.32 Å². The van der Waals surface area contributed by atoms with Crippen molar-refractivity contribution in [2.45, 2.75) is 4.90 Å². The number of fused-ring (bicyclic) bond motifs is 1. The fourth-order valence-corrected chi connectivity index (χ4v) is 4.68. The van der Waals surface area contributed by atoms with Gasteiger partial charge in [0.15, 0.2) is 0 Å². The quantitative estimate of drug-likeness (QED) is 0.864. The molecule has 0 bridgehead atoms. The van der Waals surface area contributed by atoms with E-state index in [1.54, 1.807) is 6.07 Å². The summed E-state index contributed by atoms with van der Waals surface area (Å²) < 4.78 is 40.1. The van der Waals surface area contributed by atoms with Crippen LogP contribution in [0.25, 0.3) is 0 Å². The highest BCUT2D eigenvalue weighted by atomic mass is 32.2. The second-order valence-corrected chi connectivity index (χ2v) is 7.13. The highest BCUT2D eigenvalue weighted by molar-refractivity contribution is 7.89. The van der Waals surface area contributed by atoms with Crippen LogP contribution in [0.2, 0.25) is 0 Å². The molecule has 106 valence electrons. The van der Waals surface area contributed by atoms with E-state index in [1.807, 2.05) is 0 Å². The van der Waals surface area contributed by atoms with Crippen molar-refractivity contribution in [3.63, 3.8) is 0 Å². The van der Waals surface area contributed by atoms with Gasteiger partial charge in [-0.3, -0.25) is 0 Å². The van der Waals surface area contributed by atoms with Gasteiger partial charge in [-0.1, -0.05) is 6.07 Å². The van der Waals surface area contributed by atoms with Crippen LogP contribution in [-0.4, -0.2) is 38.9 Å². The van der Waals surface area contributed by atoms with E-state index in [9.17, 15) is 12.8 Å². The first-order valence-corrected chi connectivity index (χ1v) is 7.87. The number of hydrogen-bond donors (Lipinski definition) is 1. The van der Waals surface area contributed by atoms with Gasteiger partial charge in [-0.15, -0.1) is 0 Å². The summed E-state index contributed by atoms with van der Waals surface area (Å²) in [6.07, 6.45) is 0. The number of rotatable bonds is 2. The average molecular weight is 295 g/mol. The summed E-state index contributed by atoms with van der Waals surface area (Å²) in [5.41, 5.74) is -0.400. The summed E-state index contributed by atoms with van der Waals surface area (Å²) in [7, 11) is -3.80. The van der Waals surface area contributed by atoms with E-state index in [0.717, 1.165) is 19.2 Å². The van der Waals surface area contributed by atoms with Gasteiger partial charge in [0.25, 0.3) is 0 Å². The molecule has 20 heavy (non-hydrogen) atoms. The zero-order valence-corrected chi connectivity index (χ0v) is 11.5. The predicted molar refractivity (Wildman–Crippen MR) is 69.7 cm³/mol. The standard InChI is InChI=1S/C13H14FN3O2S/c14-12-2-1-3-13(11(12)4-15)20(18,19)17-7-9-5-16-6-10(9)8-17/h1-3,9-10,16H,5-8H2. The van der Waals surface area contributed by atoms with Crippen LogP contribution >= 0.6 is 0 Å². The highest BCUT2D eigenvalue weighted by Crippen LogP contribution is 2.32. The molecule has 2 fully saturated rings. The van der Waals surface area contributed by atoms with Gasteiger partial charge in [0.1, 0.15) is 22.3 Å². The maximum absolute atomic E-state index is 13.6. The summed E-state index contributed by atoms with van der Waals surface area (Å²) in [6, 6.07) is 5.36. The molecule has 2 atom stereocenters. The Balaban J connectivity index is 1.98. The molecular weight excluding hydrogens is 281 g/mol. The van der Waals surface area contributed by atoms with E-state index in [-0.39, 0.29) is 4.90 Å². The van der Waals surface area contributed by atoms with Crippen LogP contribution in [0.15, 0.2) is 23.1 Å². The van der Waals surface area contributed by atoms with Crippen LogP contribution in [0, 0.1) is 29.0 Å². The summed E-state index contributed by atoms with van der Waals surface area (Å²) in [5.74, 6) is -0.178. The van der Waals surface area contributed by atoms with E-state index >= 15 is 0 Å². The predicted octanol–water partition coefficient (Wildman–Crippen LogP) is 0.537. The van der Waals surface area contributed by atoms with Crippen molar-refractivity contribution in [3.8, 4) is 6.07 Å². The number of sulfonamides is 1. The number of nitrogens with one attached hydrogen (secondary N) is 1. The van der Waals surface area contributed by atoms with Crippen molar-refractivity contribution < 1.29 is 12.8 Å². The molecule has 0 aromatic heterocycles. The van der Waals surface area contributed by atoms with Gasteiger partial charge in [-0.2, -0.15) is 9.57 Å². The molecule has 0 radical (unpaired) electrons. The Morgan fingerprint density at radius 3 is 2.55 bits per heavy atom. The molecule has 0 spiro atoms. The van der Waals surface area contributed by atoms with Gasteiger partial charge in [0.2, 0.25) is 10.0 Å². The molecule has 5 nitrogen and oxygen atoms in total. The van der Waals surface area contributed by atoms with Gasteiger partial charge in [-0.05, 0) is 37.1 Å². The van der Waals surface area contributed by atoms with Crippen molar-refractivity contribution in [3.05, 3.63) is 29.6 Å². The number of hydrogen-bond acceptors (Lipinski definition) is 4. The van der Waals surface area contributed by atoms with Crippen molar-refractivity contribution in [2.75, 3.05) is 26.2 Å². The van der Waals surface area contributed by atoms with Crippen LogP contribution in [0.1, 0.15) is 5.56 Å². The first-order valence-electron chi connectivity index (χ1n) is 6.43. The number of nitriles is 1. The van der Waals surface area contributed by atoms with Crippen LogP contribution in [0.3, 0.4) is 0 Å². The molecule has 7 heteroatoms. The fraction of sp³-hybridized carbons (Fsp3) is 0.462. The van der Waals surface area contributed by atoms with Crippen LogP contribution in [0.5, 0.6) is 0 Å². The smallest absolute Gasteiger partial charge is 0.244 e. The molecule has 2 heterocycles. The molecule has 2 aliphatic rings. The topological polar surface area (TPSA) is 73.2 Å². The van der Waals surface area contributed by atoms with Crippen LogP contribution in [0.4, 0.5) is 4.39 Å². The minimum absolute atomic E-state index is 0.229. The van der Waals surface area contributed by atoms with E-state index < -0.39 is 21.4 Å². The third-order valence-electron chi connectivity index (χ3n) is 4.06. The molecule has 0 amide bonds. The second kappa shape index (κ2) is 4.81. The SMILES string of the molecule is N#Cc1c(F)cccc1S(=O)(=O)N1CC2CNCC2C1. The Hall–Kier alpha value is -1.49. The first kappa shape index (κ1) is 13.5. The second-order valence-electron chi connectivity index (χ2n) is 5.23. The zero-order valence-electron chi connectivity index (χ0n) is 10.7. The molecule has 2 unspecified atom stereocenters. The Morgan fingerprint density at radius 1 is 1.30 bits per heavy atom. The van der Waals surface area contributed by atoms with Crippen molar-refractivity contribution in [1.82, 2.24) is 9.62 Å². The van der Waals surface area contributed by atoms with E-state index in [0.29, 0.717) is 24.9 Å². The van der Waals surface area contributed by atoms with Gasteiger partial charge in [0.05, 0.1) is 0 Å².